The first-order chi connectivity index (χ1) is 15.1. The second-order valence-electron chi connectivity index (χ2n) is 6.52. The number of nitrogens with zero attached hydrogens (tertiary/aromatic N) is 3. The van der Waals surface area contributed by atoms with Gasteiger partial charge >= 0.3 is 0 Å². The van der Waals surface area contributed by atoms with Crippen LogP contribution in [0, 0.1) is 5.82 Å². The van der Waals surface area contributed by atoms with Crippen molar-refractivity contribution < 1.29 is 9.18 Å². The summed E-state index contributed by atoms with van der Waals surface area (Å²) in [5.41, 5.74) is 4.12. The summed E-state index contributed by atoms with van der Waals surface area (Å²) in [6.45, 7) is 0. The Kier molecular flexibility index (Phi) is 6.18. The van der Waals surface area contributed by atoms with Gasteiger partial charge in [0.25, 0.3) is 11.5 Å². The van der Waals surface area contributed by atoms with Gasteiger partial charge < -0.3 is 0 Å². The van der Waals surface area contributed by atoms with Crippen molar-refractivity contribution in [2.24, 2.45) is 5.10 Å². The van der Waals surface area contributed by atoms with E-state index in [0.29, 0.717) is 27.3 Å². The highest BCUT2D eigenvalue weighted by Gasteiger charge is 2.14. The van der Waals surface area contributed by atoms with Crippen molar-refractivity contribution in [3.63, 3.8) is 0 Å². The van der Waals surface area contributed by atoms with Crippen molar-refractivity contribution in [3.05, 3.63) is 101 Å². The molecule has 0 saturated heterocycles. The maximum absolute atomic E-state index is 13.1. The van der Waals surface area contributed by atoms with Gasteiger partial charge in [-0.15, -0.1) is 0 Å². The van der Waals surface area contributed by atoms with E-state index in [1.165, 1.54) is 22.9 Å². The standard InChI is InChI=1S/C23H17FN4O2S/c24-17-12-10-16(11-13-17)14-25-27-21(29)15-31-23-26-20-9-5-4-8-19(20)22(30)28(23)18-6-2-1-3-7-18/h1-14H,15H2,(H,27,29)/b25-14+. The number of rotatable bonds is 6. The van der Waals surface area contributed by atoms with E-state index < -0.39 is 0 Å². The second-order valence-corrected chi connectivity index (χ2v) is 7.46. The van der Waals surface area contributed by atoms with Crippen molar-refractivity contribution in [2.75, 3.05) is 5.75 Å². The fourth-order valence-electron chi connectivity index (χ4n) is 2.90. The van der Waals surface area contributed by atoms with Crippen LogP contribution >= 0.6 is 11.8 Å². The lowest BCUT2D eigenvalue weighted by molar-refractivity contribution is -0.118. The number of para-hydroxylation sites is 2. The number of aromatic nitrogens is 2. The average Bonchev–Trinajstić information content (AvgIpc) is 2.80. The lowest BCUT2D eigenvalue weighted by Gasteiger charge is -2.12. The summed E-state index contributed by atoms with van der Waals surface area (Å²) < 4.78 is 14.4. The molecule has 8 heteroatoms. The molecule has 0 radical (unpaired) electrons. The number of carbonyl (C=O) groups is 1. The Hall–Kier alpha value is -3.78. The summed E-state index contributed by atoms with van der Waals surface area (Å²) in [5.74, 6) is -0.687. The zero-order valence-corrected chi connectivity index (χ0v) is 17.1. The van der Waals surface area contributed by atoms with Gasteiger partial charge in [0.05, 0.1) is 28.6 Å². The van der Waals surface area contributed by atoms with Crippen molar-refractivity contribution in [1.29, 1.82) is 0 Å². The highest BCUT2D eigenvalue weighted by atomic mass is 32.2. The van der Waals surface area contributed by atoms with E-state index in [0.717, 1.165) is 11.8 Å². The van der Waals surface area contributed by atoms with Crippen LogP contribution in [0.4, 0.5) is 4.39 Å². The third kappa shape index (κ3) is 4.87. The number of thioether (sulfide) groups is 1. The van der Waals surface area contributed by atoms with E-state index in [1.807, 2.05) is 36.4 Å². The number of halogens is 1. The summed E-state index contributed by atoms with van der Waals surface area (Å²) in [6.07, 6.45) is 1.43. The van der Waals surface area contributed by atoms with Gasteiger partial charge in [0.1, 0.15) is 5.82 Å². The molecular formula is C23H17FN4O2S. The molecule has 0 atom stereocenters. The Bertz CT molecular complexity index is 1300. The molecule has 4 aromatic rings. The van der Waals surface area contributed by atoms with Crippen LogP contribution in [0.2, 0.25) is 0 Å². The molecule has 6 nitrogen and oxygen atoms in total. The summed E-state index contributed by atoms with van der Waals surface area (Å²) in [7, 11) is 0. The van der Waals surface area contributed by atoms with Gasteiger partial charge in [0.15, 0.2) is 5.16 Å². The first kappa shape index (κ1) is 20.5. The smallest absolute Gasteiger partial charge is 0.266 e. The van der Waals surface area contributed by atoms with Crippen molar-refractivity contribution in [1.82, 2.24) is 15.0 Å². The predicted molar refractivity (Wildman–Crippen MR) is 120 cm³/mol. The number of amides is 1. The molecular weight excluding hydrogens is 415 g/mol. The zero-order valence-electron chi connectivity index (χ0n) is 16.2. The maximum atomic E-state index is 13.1. The van der Waals surface area contributed by atoms with Crippen LogP contribution in [-0.2, 0) is 4.79 Å². The average molecular weight is 432 g/mol. The van der Waals surface area contributed by atoms with Gasteiger partial charge in [-0.1, -0.05) is 54.2 Å². The van der Waals surface area contributed by atoms with Crippen LogP contribution in [0.5, 0.6) is 0 Å². The Morgan fingerprint density at radius 3 is 2.52 bits per heavy atom. The molecule has 31 heavy (non-hydrogen) atoms. The van der Waals surface area contributed by atoms with Gasteiger partial charge in [0, 0.05) is 0 Å². The monoisotopic (exact) mass is 432 g/mol. The Morgan fingerprint density at radius 2 is 1.74 bits per heavy atom. The van der Waals surface area contributed by atoms with E-state index in [2.05, 4.69) is 15.5 Å². The summed E-state index contributed by atoms with van der Waals surface area (Å²) in [4.78, 5) is 29.9. The summed E-state index contributed by atoms with van der Waals surface area (Å²) in [6, 6.07) is 22.0. The molecule has 0 fully saturated rings. The molecule has 1 aromatic heterocycles. The van der Waals surface area contributed by atoms with Gasteiger partial charge in [0.2, 0.25) is 0 Å². The molecule has 154 valence electrons. The topological polar surface area (TPSA) is 76.3 Å². The first-order valence-electron chi connectivity index (χ1n) is 9.39. The number of hydrazone groups is 1. The molecule has 4 rings (SSSR count). The number of nitrogens with one attached hydrogen (secondary N) is 1. The molecule has 0 aliphatic heterocycles. The minimum absolute atomic E-state index is 0.0123. The van der Waals surface area contributed by atoms with Crippen molar-refractivity contribution >= 4 is 34.8 Å². The number of fused-ring (bicyclic) bond motifs is 1. The second kappa shape index (κ2) is 9.36. The van der Waals surface area contributed by atoms with Gasteiger partial charge in [-0.3, -0.25) is 14.2 Å². The molecule has 0 bridgehead atoms. The third-order valence-electron chi connectivity index (χ3n) is 4.36. The number of hydrogen-bond acceptors (Lipinski definition) is 5. The number of hydrogen-bond donors (Lipinski definition) is 1. The molecule has 1 amide bonds. The third-order valence-corrected chi connectivity index (χ3v) is 5.30. The predicted octanol–water partition coefficient (Wildman–Crippen LogP) is 3.77. The Morgan fingerprint density at radius 1 is 1.03 bits per heavy atom. The molecule has 1 heterocycles. The van der Waals surface area contributed by atoms with E-state index in [4.69, 9.17) is 0 Å². The molecule has 0 unspecified atom stereocenters. The Balaban J connectivity index is 1.54. The van der Waals surface area contributed by atoms with Crippen molar-refractivity contribution in [3.8, 4) is 5.69 Å². The highest BCUT2D eigenvalue weighted by Crippen LogP contribution is 2.21. The quantitative estimate of drug-likeness (QED) is 0.218. The number of carbonyl (C=O) groups excluding carboxylic acids is 1. The van der Waals surface area contributed by atoms with E-state index in [-0.39, 0.29) is 23.0 Å². The molecule has 0 aliphatic carbocycles. The lowest BCUT2D eigenvalue weighted by atomic mass is 10.2. The SMILES string of the molecule is O=C(CSc1nc2ccccc2c(=O)n1-c1ccccc1)N/N=C/c1ccc(F)cc1. The lowest BCUT2D eigenvalue weighted by Crippen LogP contribution is -2.24. The molecule has 0 aliphatic rings. The number of benzene rings is 3. The normalized spacial score (nSPS) is 11.1. The van der Waals surface area contributed by atoms with E-state index >= 15 is 0 Å². The minimum atomic E-state index is -0.356. The van der Waals surface area contributed by atoms with Gasteiger partial charge in [-0.2, -0.15) is 5.10 Å². The molecule has 0 saturated carbocycles. The van der Waals surface area contributed by atoms with Crippen LogP contribution < -0.4 is 11.0 Å². The molecule has 1 N–H and O–H groups in total. The van der Waals surface area contributed by atoms with Crippen LogP contribution in [0.25, 0.3) is 16.6 Å². The van der Waals surface area contributed by atoms with Crippen LogP contribution in [0.15, 0.2) is 93.9 Å². The largest absolute Gasteiger partial charge is 0.272 e. The van der Waals surface area contributed by atoms with Gasteiger partial charge in [-0.05, 0) is 42.0 Å². The fraction of sp³-hybridized carbons (Fsp3) is 0.0435. The van der Waals surface area contributed by atoms with Crippen LogP contribution in [-0.4, -0.2) is 27.4 Å². The molecule has 0 spiro atoms. The Labute approximate surface area is 181 Å². The van der Waals surface area contributed by atoms with Gasteiger partial charge in [-0.25, -0.2) is 14.8 Å². The van der Waals surface area contributed by atoms with E-state index in [9.17, 15) is 14.0 Å². The highest BCUT2D eigenvalue weighted by molar-refractivity contribution is 7.99. The summed E-state index contributed by atoms with van der Waals surface area (Å²) >= 11 is 1.14. The maximum Gasteiger partial charge on any atom is 0.266 e. The van der Waals surface area contributed by atoms with Crippen molar-refractivity contribution in [2.45, 2.75) is 5.16 Å². The van der Waals surface area contributed by atoms with E-state index in [1.54, 1.807) is 30.3 Å². The molecule has 3 aromatic carbocycles. The zero-order chi connectivity index (χ0) is 21.6. The van der Waals surface area contributed by atoms with Crippen LogP contribution in [0.3, 0.4) is 0 Å². The summed E-state index contributed by atoms with van der Waals surface area (Å²) in [5, 5.41) is 4.80. The minimum Gasteiger partial charge on any atom is -0.272 e. The van der Waals surface area contributed by atoms with Crippen LogP contribution in [0.1, 0.15) is 5.56 Å². The fourth-order valence-corrected chi connectivity index (χ4v) is 3.71. The first-order valence-corrected chi connectivity index (χ1v) is 10.4.